The number of hydrogen-bond acceptors (Lipinski definition) is 4. The molecule has 1 aromatic rings. The number of carbonyl (C=O) groups excluding carboxylic acids is 1. The molecule has 2 aliphatic heterocycles. The van der Waals surface area contributed by atoms with Crippen molar-refractivity contribution in [3.8, 4) is 0 Å². The first-order chi connectivity index (χ1) is 11.5. The Morgan fingerprint density at radius 3 is 2.36 bits per heavy atom. The van der Waals surface area contributed by atoms with Crippen LogP contribution in [0.25, 0.3) is 0 Å². The lowest BCUT2D eigenvalue weighted by molar-refractivity contribution is -0.384. The lowest BCUT2D eigenvalue weighted by atomic mass is 9.53. The van der Waals surface area contributed by atoms with Gasteiger partial charge in [-0.25, -0.2) is 13.6 Å². The predicted octanol–water partition coefficient (Wildman–Crippen LogP) is 3.88. The fourth-order valence-electron chi connectivity index (χ4n) is 3.72. The Bertz CT molecular complexity index is 710. The van der Waals surface area contributed by atoms with Crippen molar-refractivity contribution in [2.45, 2.75) is 56.6 Å². The van der Waals surface area contributed by atoms with Crippen LogP contribution >= 0.6 is 0 Å². The van der Waals surface area contributed by atoms with Crippen molar-refractivity contribution in [3.63, 3.8) is 0 Å². The van der Waals surface area contributed by atoms with Gasteiger partial charge < -0.3 is 4.74 Å². The van der Waals surface area contributed by atoms with E-state index in [9.17, 15) is 23.7 Å². The Labute approximate surface area is 143 Å². The van der Waals surface area contributed by atoms with E-state index in [0.29, 0.717) is 5.56 Å². The Kier molecular flexibility index (Phi) is 3.78. The van der Waals surface area contributed by atoms with Gasteiger partial charge in [0.1, 0.15) is 11.6 Å². The highest BCUT2D eigenvalue weighted by Crippen LogP contribution is 2.62. The molecule has 2 atom stereocenters. The van der Waals surface area contributed by atoms with Crippen LogP contribution in [-0.2, 0) is 10.2 Å². The molecule has 3 aliphatic rings. The second kappa shape index (κ2) is 5.37. The maximum absolute atomic E-state index is 14.9. The van der Waals surface area contributed by atoms with Crippen molar-refractivity contribution in [2.24, 2.45) is 0 Å². The molecule has 0 N–H and O–H groups in total. The van der Waals surface area contributed by atoms with Crippen molar-refractivity contribution >= 4 is 11.8 Å². The van der Waals surface area contributed by atoms with E-state index >= 15 is 0 Å². The van der Waals surface area contributed by atoms with Crippen molar-refractivity contribution in [2.75, 3.05) is 6.54 Å². The van der Waals surface area contributed by atoms with Crippen molar-refractivity contribution in [1.29, 1.82) is 0 Å². The average Bonchev–Trinajstić information content (AvgIpc) is 2.52. The summed E-state index contributed by atoms with van der Waals surface area (Å²) in [4.78, 5) is 23.5. The minimum atomic E-state index is -3.10. The van der Waals surface area contributed by atoms with E-state index in [1.807, 2.05) is 0 Å². The third-order valence-electron chi connectivity index (χ3n) is 5.01. The van der Waals surface area contributed by atoms with Gasteiger partial charge in [-0.1, -0.05) is 12.1 Å². The van der Waals surface area contributed by atoms with Crippen LogP contribution in [-0.4, -0.2) is 40.0 Å². The van der Waals surface area contributed by atoms with Gasteiger partial charge >= 0.3 is 6.09 Å². The van der Waals surface area contributed by atoms with Crippen LogP contribution < -0.4 is 0 Å². The Morgan fingerprint density at radius 2 is 1.92 bits per heavy atom. The number of nitro groups is 1. The van der Waals surface area contributed by atoms with Crippen LogP contribution in [0.2, 0.25) is 0 Å². The van der Waals surface area contributed by atoms with E-state index in [-0.39, 0.29) is 25.1 Å². The normalized spacial score (nSPS) is 27.4. The largest absolute Gasteiger partial charge is 0.444 e. The van der Waals surface area contributed by atoms with E-state index in [4.69, 9.17) is 4.74 Å². The number of nitrogens with zero attached hydrogens (tertiary/aromatic N) is 2. The molecule has 136 valence electrons. The average molecular weight is 354 g/mol. The highest BCUT2D eigenvalue weighted by molar-refractivity contribution is 5.70. The SMILES string of the molecule is CC(C)(C)OC(=O)N1CCC2(c3ccc([N+](=O)[O-])cc3)CC1C2(F)F. The number of hydrogen-bond donors (Lipinski definition) is 0. The van der Waals surface area contributed by atoms with Crippen LogP contribution in [0.3, 0.4) is 0 Å². The second-order valence-corrected chi connectivity index (χ2v) is 7.65. The summed E-state index contributed by atoms with van der Waals surface area (Å²) in [5.74, 6) is -3.10. The molecular formula is C17H20F2N2O4. The molecule has 25 heavy (non-hydrogen) atoms. The summed E-state index contributed by atoms with van der Waals surface area (Å²) in [6, 6.07) is 4.07. The molecule has 0 radical (unpaired) electrons. The number of amides is 1. The Balaban J connectivity index is 1.82. The molecule has 0 aromatic heterocycles. The summed E-state index contributed by atoms with van der Waals surface area (Å²) in [5, 5.41) is 10.7. The molecule has 1 saturated carbocycles. The highest BCUT2D eigenvalue weighted by Gasteiger charge is 2.73. The number of benzene rings is 1. The van der Waals surface area contributed by atoms with Gasteiger partial charge in [0.2, 0.25) is 0 Å². The number of rotatable bonds is 2. The first-order valence-electron chi connectivity index (χ1n) is 8.10. The lowest BCUT2D eigenvalue weighted by Crippen LogP contribution is -2.75. The van der Waals surface area contributed by atoms with Gasteiger partial charge in [-0.3, -0.25) is 15.0 Å². The molecule has 2 bridgehead atoms. The van der Waals surface area contributed by atoms with Crippen molar-refractivity contribution in [3.05, 3.63) is 39.9 Å². The van der Waals surface area contributed by atoms with Crippen LogP contribution in [0.1, 0.15) is 39.2 Å². The first-order valence-corrected chi connectivity index (χ1v) is 8.10. The van der Waals surface area contributed by atoms with Gasteiger partial charge in [-0.2, -0.15) is 0 Å². The number of fused-ring (bicyclic) bond motifs is 2. The molecule has 8 heteroatoms. The minimum absolute atomic E-state index is 0.0908. The van der Waals surface area contributed by atoms with Gasteiger partial charge in [0.15, 0.2) is 0 Å². The van der Waals surface area contributed by atoms with Crippen LogP contribution in [0.5, 0.6) is 0 Å². The fourth-order valence-corrected chi connectivity index (χ4v) is 3.72. The number of non-ortho nitro benzene ring substituents is 1. The Morgan fingerprint density at radius 1 is 1.32 bits per heavy atom. The number of nitro benzene ring substituents is 1. The molecule has 1 amide bonds. The maximum atomic E-state index is 14.9. The minimum Gasteiger partial charge on any atom is -0.444 e. The summed E-state index contributed by atoms with van der Waals surface area (Å²) in [7, 11) is 0. The van der Waals surface area contributed by atoms with E-state index in [1.54, 1.807) is 20.8 Å². The van der Waals surface area contributed by atoms with E-state index in [0.717, 1.165) is 4.90 Å². The number of carbonyl (C=O) groups is 1. The molecule has 0 spiro atoms. The molecule has 2 unspecified atom stereocenters. The smallest absolute Gasteiger partial charge is 0.410 e. The monoisotopic (exact) mass is 354 g/mol. The van der Waals surface area contributed by atoms with Crippen LogP contribution in [0, 0.1) is 10.1 Å². The molecule has 6 nitrogen and oxygen atoms in total. The quantitative estimate of drug-likeness (QED) is 0.597. The molecule has 2 saturated heterocycles. The predicted molar refractivity (Wildman–Crippen MR) is 85.7 cm³/mol. The Hall–Kier alpha value is -2.25. The third kappa shape index (κ3) is 2.63. The molecule has 2 heterocycles. The molecule has 3 fully saturated rings. The van der Waals surface area contributed by atoms with E-state index in [1.165, 1.54) is 24.3 Å². The van der Waals surface area contributed by atoms with E-state index in [2.05, 4.69) is 0 Å². The third-order valence-corrected chi connectivity index (χ3v) is 5.01. The highest BCUT2D eigenvalue weighted by atomic mass is 19.3. The zero-order valence-corrected chi connectivity index (χ0v) is 14.3. The van der Waals surface area contributed by atoms with Crippen molar-refractivity contribution < 1.29 is 23.2 Å². The standard InChI is InChI=1S/C17H20F2N2O4/c1-15(2,3)25-14(22)20-9-8-16(10-13(20)17(16,18)19)11-4-6-12(7-5-11)21(23)24/h4-7,13H,8-10H2,1-3H3. The maximum Gasteiger partial charge on any atom is 0.410 e. The first kappa shape index (κ1) is 17.6. The summed E-state index contributed by atoms with van der Waals surface area (Å²) in [6.45, 7) is 5.24. The van der Waals surface area contributed by atoms with Gasteiger partial charge in [0.05, 0.1) is 10.3 Å². The topological polar surface area (TPSA) is 72.7 Å². The molecule has 4 rings (SSSR count). The lowest BCUT2D eigenvalue weighted by Gasteiger charge is -2.62. The summed E-state index contributed by atoms with van der Waals surface area (Å²) < 4.78 is 35.0. The number of piperidine rings is 2. The van der Waals surface area contributed by atoms with Crippen LogP contribution in [0.4, 0.5) is 19.3 Å². The van der Waals surface area contributed by atoms with Gasteiger partial charge in [0, 0.05) is 18.7 Å². The molecular weight excluding hydrogens is 334 g/mol. The zero-order chi connectivity index (χ0) is 18.6. The fraction of sp³-hybridized carbons (Fsp3) is 0.588. The van der Waals surface area contributed by atoms with Crippen molar-refractivity contribution in [1.82, 2.24) is 4.90 Å². The molecule has 1 aromatic carbocycles. The summed E-state index contributed by atoms with van der Waals surface area (Å²) >= 11 is 0. The van der Waals surface area contributed by atoms with Crippen LogP contribution in [0.15, 0.2) is 24.3 Å². The molecule has 1 aliphatic carbocycles. The summed E-state index contributed by atoms with van der Waals surface area (Å²) in [6.07, 6.45) is -0.515. The van der Waals surface area contributed by atoms with Gasteiger partial charge in [-0.05, 0) is 39.2 Å². The number of ether oxygens (including phenoxy) is 1. The number of alkyl halides is 2. The summed E-state index contributed by atoms with van der Waals surface area (Å²) in [5.41, 5.74) is -1.87. The number of halogens is 2. The van der Waals surface area contributed by atoms with Gasteiger partial charge in [0.25, 0.3) is 11.6 Å². The van der Waals surface area contributed by atoms with E-state index < -0.39 is 34.0 Å². The zero-order valence-electron chi connectivity index (χ0n) is 14.3. The second-order valence-electron chi connectivity index (χ2n) is 7.65. The van der Waals surface area contributed by atoms with Gasteiger partial charge in [-0.15, -0.1) is 0 Å².